The highest BCUT2D eigenvalue weighted by Gasteiger charge is 2.27. The second kappa shape index (κ2) is 6.89. The van der Waals surface area contributed by atoms with Crippen molar-refractivity contribution < 1.29 is 14.0 Å². The van der Waals surface area contributed by atoms with Crippen molar-refractivity contribution in [3.8, 4) is 5.75 Å². The van der Waals surface area contributed by atoms with E-state index in [1.807, 2.05) is 6.92 Å². The predicted molar refractivity (Wildman–Crippen MR) is 78.1 cm³/mol. The molecule has 2 aromatic rings. The Morgan fingerprint density at radius 3 is 2.71 bits per heavy atom. The van der Waals surface area contributed by atoms with Crippen LogP contribution in [0, 0.1) is 0 Å². The van der Waals surface area contributed by atoms with Crippen LogP contribution in [0.4, 0.5) is 0 Å². The number of hydrogen-bond donors (Lipinski definition) is 1. The Kier molecular flexibility index (Phi) is 5.17. The van der Waals surface area contributed by atoms with Crippen molar-refractivity contribution in [1.82, 2.24) is 10.1 Å². The third kappa shape index (κ3) is 4.42. The predicted octanol–water partition coefficient (Wildman–Crippen LogP) is 2.51. The summed E-state index contributed by atoms with van der Waals surface area (Å²) in [6, 6.07) is 7.02. The van der Waals surface area contributed by atoms with Gasteiger partial charge in [0.05, 0.1) is 6.61 Å². The van der Waals surface area contributed by atoms with Crippen LogP contribution in [0.25, 0.3) is 0 Å². The number of nitrogens with two attached hydrogens (primary N) is 1. The number of halogens is 1. The van der Waals surface area contributed by atoms with Gasteiger partial charge < -0.3 is 19.7 Å². The van der Waals surface area contributed by atoms with E-state index in [1.54, 1.807) is 31.2 Å². The Bertz CT molecular complexity index is 569. The Morgan fingerprint density at radius 1 is 1.33 bits per heavy atom. The molecule has 2 rings (SSSR count). The lowest BCUT2D eigenvalue weighted by molar-refractivity contribution is 0.0962. The van der Waals surface area contributed by atoms with Crippen LogP contribution in [0.3, 0.4) is 0 Å². The molecule has 0 aliphatic heterocycles. The topological polar surface area (TPSA) is 83.4 Å². The Hall–Kier alpha value is -1.63. The van der Waals surface area contributed by atoms with Gasteiger partial charge in [0, 0.05) is 11.6 Å². The van der Waals surface area contributed by atoms with Gasteiger partial charge in [-0.25, -0.2) is 0 Å². The minimum absolute atomic E-state index is 0.166. The Morgan fingerprint density at radius 2 is 2.05 bits per heavy atom. The molecule has 114 valence electrons. The minimum atomic E-state index is -0.794. The molecule has 1 atom stereocenters. The number of hydrogen-bond acceptors (Lipinski definition) is 6. The van der Waals surface area contributed by atoms with E-state index in [4.69, 9.17) is 31.3 Å². The Labute approximate surface area is 128 Å². The highest BCUT2D eigenvalue weighted by atomic mass is 35.5. The van der Waals surface area contributed by atoms with Gasteiger partial charge in [0.2, 0.25) is 0 Å². The van der Waals surface area contributed by atoms with Gasteiger partial charge in [0.15, 0.2) is 12.4 Å². The second-order valence-corrected chi connectivity index (χ2v) is 5.25. The molecule has 0 bridgehead atoms. The average molecular weight is 312 g/mol. The van der Waals surface area contributed by atoms with Gasteiger partial charge in [0.25, 0.3) is 5.89 Å². The highest BCUT2D eigenvalue weighted by molar-refractivity contribution is 6.30. The maximum atomic E-state index is 6.10. The summed E-state index contributed by atoms with van der Waals surface area (Å²) in [4.78, 5) is 4.23. The van der Waals surface area contributed by atoms with E-state index in [1.165, 1.54) is 0 Å². The average Bonchev–Trinajstić information content (AvgIpc) is 2.94. The maximum Gasteiger partial charge on any atom is 0.264 e. The van der Waals surface area contributed by atoms with Crippen LogP contribution in [0.2, 0.25) is 5.02 Å². The maximum absolute atomic E-state index is 6.10. The van der Waals surface area contributed by atoms with E-state index in [0.717, 1.165) is 0 Å². The van der Waals surface area contributed by atoms with Crippen molar-refractivity contribution in [3.63, 3.8) is 0 Å². The lowest BCUT2D eigenvalue weighted by atomic mass is 10.1. The summed E-state index contributed by atoms with van der Waals surface area (Å²) in [7, 11) is 0. The molecule has 1 heterocycles. The summed E-state index contributed by atoms with van der Waals surface area (Å²) in [5.41, 5.74) is 5.30. The van der Waals surface area contributed by atoms with E-state index in [2.05, 4.69) is 10.1 Å². The lowest BCUT2D eigenvalue weighted by Crippen LogP contribution is -2.39. The molecule has 0 fully saturated rings. The summed E-state index contributed by atoms with van der Waals surface area (Å²) >= 11 is 5.80. The fourth-order valence-electron chi connectivity index (χ4n) is 1.60. The van der Waals surface area contributed by atoms with Crippen LogP contribution < -0.4 is 10.5 Å². The molecule has 0 saturated heterocycles. The van der Waals surface area contributed by atoms with Gasteiger partial charge >= 0.3 is 0 Å². The zero-order chi connectivity index (χ0) is 15.3. The first kappa shape index (κ1) is 15.8. The Balaban J connectivity index is 1.95. The highest BCUT2D eigenvalue weighted by Crippen LogP contribution is 2.18. The van der Waals surface area contributed by atoms with E-state index < -0.39 is 5.54 Å². The quantitative estimate of drug-likeness (QED) is 0.846. The van der Waals surface area contributed by atoms with Gasteiger partial charge in [-0.05, 0) is 38.1 Å². The first-order chi connectivity index (χ1) is 10.0. The number of nitrogens with zero attached hydrogens (tertiary/aromatic N) is 2. The van der Waals surface area contributed by atoms with Gasteiger partial charge in [0.1, 0.15) is 11.3 Å². The number of aromatic nitrogens is 2. The fraction of sp³-hybridized carbons (Fsp3) is 0.429. The number of ether oxygens (including phenoxy) is 2. The van der Waals surface area contributed by atoms with Gasteiger partial charge in [-0.15, -0.1) is 0 Å². The zero-order valence-electron chi connectivity index (χ0n) is 12.0. The molecular weight excluding hydrogens is 294 g/mol. The summed E-state index contributed by atoms with van der Waals surface area (Å²) in [6.07, 6.45) is 0. The number of benzene rings is 1. The standard InChI is InChI=1S/C14H18ClN3O3/c1-3-19-9-14(2,16)13-17-12(21-18-13)8-20-11-6-4-10(15)5-7-11/h4-7H,3,8-9,16H2,1-2H3. The molecular formula is C14H18ClN3O3. The van der Waals surface area contributed by atoms with Crippen molar-refractivity contribution in [3.05, 3.63) is 41.0 Å². The first-order valence-electron chi connectivity index (χ1n) is 6.59. The van der Waals surface area contributed by atoms with Gasteiger partial charge in [-0.1, -0.05) is 16.8 Å². The van der Waals surface area contributed by atoms with Gasteiger partial charge in [-0.2, -0.15) is 4.98 Å². The molecule has 6 nitrogen and oxygen atoms in total. The first-order valence-corrected chi connectivity index (χ1v) is 6.97. The molecule has 2 N–H and O–H groups in total. The molecule has 0 amide bonds. The van der Waals surface area contributed by atoms with E-state index in [-0.39, 0.29) is 6.61 Å². The van der Waals surface area contributed by atoms with Crippen molar-refractivity contribution >= 4 is 11.6 Å². The summed E-state index contributed by atoms with van der Waals surface area (Å²) < 4.78 is 16.0. The molecule has 21 heavy (non-hydrogen) atoms. The van der Waals surface area contributed by atoms with Crippen LogP contribution in [0.5, 0.6) is 5.75 Å². The molecule has 1 aromatic carbocycles. The fourth-order valence-corrected chi connectivity index (χ4v) is 1.73. The van der Waals surface area contributed by atoms with Crippen LogP contribution in [0.15, 0.2) is 28.8 Å². The number of rotatable bonds is 7. The van der Waals surface area contributed by atoms with Crippen molar-refractivity contribution in [2.75, 3.05) is 13.2 Å². The largest absolute Gasteiger partial charge is 0.484 e. The van der Waals surface area contributed by atoms with Crippen molar-refractivity contribution in [1.29, 1.82) is 0 Å². The molecule has 0 aliphatic carbocycles. The van der Waals surface area contributed by atoms with Crippen LogP contribution >= 0.6 is 11.6 Å². The second-order valence-electron chi connectivity index (χ2n) is 4.81. The van der Waals surface area contributed by atoms with Crippen LogP contribution in [-0.4, -0.2) is 23.4 Å². The smallest absolute Gasteiger partial charge is 0.264 e. The molecule has 1 aromatic heterocycles. The molecule has 0 aliphatic rings. The zero-order valence-corrected chi connectivity index (χ0v) is 12.8. The summed E-state index contributed by atoms with van der Waals surface area (Å²) in [5, 5.41) is 4.53. The molecule has 0 radical (unpaired) electrons. The molecule has 0 saturated carbocycles. The van der Waals surface area contributed by atoms with Crippen LogP contribution in [-0.2, 0) is 16.9 Å². The van der Waals surface area contributed by atoms with Gasteiger partial charge in [-0.3, -0.25) is 0 Å². The van der Waals surface area contributed by atoms with E-state index in [0.29, 0.717) is 35.7 Å². The monoisotopic (exact) mass is 311 g/mol. The third-order valence-corrected chi connectivity index (χ3v) is 3.01. The SMILES string of the molecule is CCOCC(C)(N)c1noc(COc2ccc(Cl)cc2)n1. The summed E-state index contributed by atoms with van der Waals surface area (Å²) in [5.74, 6) is 1.42. The van der Waals surface area contributed by atoms with Crippen molar-refractivity contribution in [2.24, 2.45) is 5.73 Å². The summed E-state index contributed by atoms with van der Waals surface area (Å²) in [6.45, 7) is 4.76. The lowest BCUT2D eigenvalue weighted by Gasteiger charge is -2.19. The normalized spacial score (nSPS) is 13.9. The molecule has 0 spiro atoms. The molecule has 1 unspecified atom stereocenters. The van der Waals surface area contributed by atoms with Crippen molar-refractivity contribution in [2.45, 2.75) is 26.0 Å². The third-order valence-electron chi connectivity index (χ3n) is 2.76. The van der Waals surface area contributed by atoms with E-state index >= 15 is 0 Å². The molecule has 7 heteroatoms. The van der Waals surface area contributed by atoms with E-state index in [9.17, 15) is 0 Å². The van der Waals surface area contributed by atoms with Crippen LogP contribution in [0.1, 0.15) is 25.6 Å². The minimum Gasteiger partial charge on any atom is -0.484 e.